The zero-order valence-corrected chi connectivity index (χ0v) is 14.5. The van der Waals surface area contributed by atoms with E-state index in [1.807, 2.05) is 0 Å². The molecule has 0 aliphatic rings. The van der Waals surface area contributed by atoms with Crippen molar-refractivity contribution in [2.24, 2.45) is 0 Å². The summed E-state index contributed by atoms with van der Waals surface area (Å²) >= 11 is 0. The summed E-state index contributed by atoms with van der Waals surface area (Å²) in [7, 11) is 4.46. The molecule has 0 radical (unpaired) electrons. The van der Waals surface area contributed by atoms with Crippen LogP contribution in [0.15, 0.2) is 36.4 Å². The van der Waals surface area contributed by atoms with E-state index in [-0.39, 0.29) is 17.9 Å². The molecule has 1 amide bonds. The lowest BCUT2D eigenvalue weighted by Gasteiger charge is -2.15. The number of ether oxygens (including phenoxy) is 4. The van der Waals surface area contributed by atoms with Crippen molar-refractivity contribution < 1.29 is 32.5 Å². The quantitative estimate of drug-likeness (QED) is 0.776. The minimum Gasteiger partial charge on any atom is -0.493 e. The van der Waals surface area contributed by atoms with Crippen molar-refractivity contribution in [1.82, 2.24) is 5.32 Å². The minimum absolute atomic E-state index is 0.0141. The second-order valence-corrected chi connectivity index (χ2v) is 5.09. The van der Waals surface area contributed by atoms with E-state index < -0.39 is 12.5 Å². The molecule has 0 saturated heterocycles. The number of halogens is 2. The van der Waals surface area contributed by atoms with Crippen LogP contribution in [0.2, 0.25) is 0 Å². The van der Waals surface area contributed by atoms with Gasteiger partial charge in [-0.1, -0.05) is 12.1 Å². The molecule has 2 aromatic rings. The molecule has 2 rings (SSSR count). The number of carbonyl (C=O) groups excluding carboxylic acids is 1. The lowest BCUT2D eigenvalue weighted by Crippen LogP contribution is -2.24. The molecule has 0 spiro atoms. The Hall–Kier alpha value is -3.03. The monoisotopic (exact) mass is 367 g/mol. The molecular weight excluding hydrogens is 348 g/mol. The number of carbonyl (C=O) groups is 1. The van der Waals surface area contributed by atoms with Gasteiger partial charge >= 0.3 is 6.61 Å². The van der Waals surface area contributed by atoms with Crippen molar-refractivity contribution in [3.63, 3.8) is 0 Å². The summed E-state index contributed by atoms with van der Waals surface area (Å²) in [5.41, 5.74) is 0.695. The van der Waals surface area contributed by atoms with Gasteiger partial charge in [-0.15, -0.1) is 0 Å². The van der Waals surface area contributed by atoms with Crippen LogP contribution in [-0.2, 0) is 6.54 Å². The minimum atomic E-state index is -3.01. The molecule has 0 aliphatic heterocycles. The van der Waals surface area contributed by atoms with Crippen LogP contribution in [0, 0.1) is 0 Å². The standard InChI is InChI=1S/C18H19F2NO5/c1-23-14-8-11(9-15(24-2)16(14)25-3)10-21-17(22)12-6-4-5-7-13(12)26-18(19)20/h4-9,18H,10H2,1-3H3,(H,21,22). The Morgan fingerprint density at radius 1 is 1.00 bits per heavy atom. The van der Waals surface area contributed by atoms with E-state index in [0.717, 1.165) is 0 Å². The van der Waals surface area contributed by atoms with Gasteiger partial charge in [-0.3, -0.25) is 4.79 Å². The predicted octanol–water partition coefficient (Wildman–Crippen LogP) is 3.24. The van der Waals surface area contributed by atoms with E-state index in [9.17, 15) is 13.6 Å². The van der Waals surface area contributed by atoms with Gasteiger partial charge in [-0.05, 0) is 29.8 Å². The number of benzene rings is 2. The van der Waals surface area contributed by atoms with Crippen LogP contribution in [0.5, 0.6) is 23.0 Å². The summed E-state index contributed by atoms with van der Waals surface area (Å²) in [6.45, 7) is -2.89. The van der Waals surface area contributed by atoms with Crippen molar-refractivity contribution in [2.45, 2.75) is 13.2 Å². The second-order valence-electron chi connectivity index (χ2n) is 5.09. The molecule has 0 saturated carbocycles. The van der Waals surface area contributed by atoms with Crippen molar-refractivity contribution in [2.75, 3.05) is 21.3 Å². The van der Waals surface area contributed by atoms with Crippen molar-refractivity contribution in [3.8, 4) is 23.0 Å². The van der Waals surface area contributed by atoms with Gasteiger partial charge in [0.1, 0.15) is 5.75 Å². The topological polar surface area (TPSA) is 66.0 Å². The van der Waals surface area contributed by atoms with Crippen LogP contribution in [0.1, 0.15) is 15.9 Å². The summed E-state index contributed by atoms with van der Waals surface area (Å²) in [4.78, 5) is 12.3. The summed E-state index contributed by atoms with van der Waals surface area (Å²) in [5, 5.41) is 2.65. The lowest BCUT2D eigenvalue weighted by molar-refractivity contribution is -0.0501. The second kappa shape index (κ2) is 8.89. The molecule has 2 aromatic carbocycles. The molecule has 0 atom stereocenters. The first-order valence-corrected chi connectivity index (χ1v) is 7.61. The summed E-state index contributed by atoms with van der Waals surface area (Å²) in [5.74, 6) is 0.579. The zero-order chi connectivity index (χ0) is 19.1. The molecule has 1 N–H and O–H groups in total. The molecule has 0 heterocycles. The number of amides is 1. The SMILES string of the molecule is COc1cc(CNC(=O)c2ccccc2OC(F)F)cc(OC)c1OC. The maximum atomic E-state index is 12.5. The van der Waals surface area contributed by atoms with Gasteiger partial charge in [-0.25, -0.2) is 0 Å². The third-order valence-corrected chi connectivity index (χ3v) is 3.53. The molecule has 0 unspecified atom stereocenters. The number of hydrogen-bond acceptors (Lipinski definition) is 5. The van der Waals surface area contributed by atoms with Crippen LogP contribution in [0.4, 0.5) is 8.78 Å². The Morgan fingerprint density at radius 2 is 1.62 bits per heavy atom. The molecule has 26 heavy (non-hydrogen) atoms. The number of para-hydroxylation sites is 1. The molecule has 140 valence electrons. The summed E-state index contributed by atoms with van der Waals surface area (Å²) < 4.78 is 45.0. The van der Waals surface area contributed by atoms with Gasteiger partial charge in [-0.2, -0.15) is 8.78 Å². The fourth-order valence-corrected chi connectivity index (χ4v) is 2.37. The van der Waals surface area contributed by atoms with Crippen LogP contribution in [0.3, 0.4) is 0 Å². The predicted molar refractivity (Wildman–Crippen MR) is 90.3 cm³/mol. The number of hydrogen-bond donors (Lipinski definition) is 1. The third-order valence-electron chi connectivity index (χ3n) is 3.53. The third kappa shape index (κ3) is 4.53. The van der Waals surface area contributed by atoms with Gasteiger partial charge in [0.15, 0.2) is 11.5 Å². The van der Waals surface area contributed by atoms with Gasteiger partial charge in [0.05, 0.1) is 26.9 Å². The number of alkyl halides is 2. The van der Waals surface area contributed by atoms with E-state index >= 15 is 0 Å². The molecule has 8 heteroatoms. The average Bonchev–Trinajstić information content (AvgIpc) is 2.65. The Kier molecular flexibility index (Phi) is 6.60. The molecule has 0 aliphatic carbocycles. The molecule has 0 fully saturated rings. The van der Waals surface area contributed by atoms with E-state index in [2.05, 4.69) is 10.1 Å². The van der Waals surface area contributed by atoms with Crippen LogP contribution in [0.25, 0.3) is 0 Å². The highest BCUT2D eigenvalue weighted by Gasteiger charge is 2.17. The van der Waals surface area contributed by atoms with Crippen LogP contribution in [-0.4, -0.2) is 33.8 Å². The van der Waals surface area contributed by atoms with Crippen molar-refractivity contribution in [3.05, 3.63) is 47.5 Å². The van der Waals surface area contributed by atoms with Crippen LogP contribution >= 0.6 is 0 Å². The van der Waals surface area contributed by atoms with E-state index in [1.54, 1.807) is 18.2 Å². The molecule has 0 bridgehead atoms. The van der Waals surface area contributed by atoms with E-state index in [4.69, 9.17) is 14.2 Å². The van der Waals surface area contributed by atoms with Gasteiger partial charge in [0.25, 0.3) is 5.91 Å². The first kappa shape index (κ1) is 19.3. The average molecular weight is 367 g/mol. The number of nitrogens with one attached hydrogen (secondary N) is 1. The number of rotatable bonds is 8. The Balaban J connectivity index is 2.18. The molecular formula is C18H19F2NO5. The lowest BCUT2D eigenvalue weighted by atomic mass is 10.1. The largest absolute Gasteiger partial charge is 0.493 e. The maximum Gasteiger partial charge on any atom is 0.387 e. The van der Waals surface area contributed by atoms with E-state index in [0.29, 0.717) is 22.8 Å². The highest BCUT2D eigenvalue weighted by Crippen LogP contribution is 2.38. The Labute approximate surface area is 149 Å². The number of methoxy groups -OCH3 is 3. The molecule has 6 nitrogen and oxygen atoms in total. The summed E-state index contributed by atoms with van der Waals surface area (Å²) in [6, 6.07) is 9.15. The molecule has 0 aromatic heterocycles. The first-order chi connectivity index (χ1) is 12.5. The normalized spacial score (nSPS) is 10.4. The Morgan fingerprint density at radius 3 is 2.15 bits per heavy atom. The van der Waals surface area contributed by atoms with Crippen LogP contribution < -0.4 is 24.3 Å². The van der Waals surface area contributed by atoms with Gasteiger partial charge < -0.3 is 24.3 Å². The Bertz CT molecular complexity index is 742. The smallest absolute Gasteiger partial charge is 0.387 e. The van der Waals surface area contributed by atoms with E-state index in [1.165, 1.54) is 39.5 Å². The van der Waals surface area contributed by atoms with Gasteiger partial charge in [0, 0.05) is 6.54 Å². The first-order valence-electron chi connectivity index (χ1n) is 7.61. The highest BCUT2D eigenvalue weighted by atomic mass is 19.3. The fourth-order valence-electron chi connectivity index (χ4n) is 2.37. The summed E-state index contributed by atoms with van der Waals surface area (Å²) in [6.07, 6.45) is 0. The zero-order valence-electron chi connectivity index (χ0n) is 14.5. The highest BCUT2D eigenvalue weighted by molar-refractivity contribution is 5.96. The van der Waals surface area contributed by atoms with Crippen molar-refractivity contribution >= 4 is 5.91 Å². The maximum absolute atomic E-state index is 12.5. The van der Waals surface area contributed by atoms with Crippen molar-refractivity contribution in [1.29, 1.82) is 0 Å². The fraction of sp³-hybridized carbons (Fsp3) is 0.278. The van der Waals surface area contributed by atoms with Gasteiger partial charge in [0.2, 0.25) is 5.75 Å².